The second-order valence-electron chi connectivity index (χ2n) is 4.58. The Bertz CT molecular complexity index is 754. The lowest BCUT2D eigenvalue weighted by molar-refractivity contribution is -0.153. The Balaban J connectivity index is 0.00000312. The van der Waals surface area contributed by atoms with Crippen molar-refractivity contribution in [2.24, 2.45) is 5.73 Å². The minimum Gasteiger partial charge on any atom is -0.484 e. The number of fused-ring (bicyclic) bond motifs is 1. The summed E-state index contributed by atoms with van der Waals surface area (Å²) in [5, 5.41) is 5.03. The normalized spacial score (nSPS) is 10.9. The maximum absolute atomic E-state index is 12.1. The third-order valence-electron chi connectivity index (χ3n) is 2.64. The number of ether oxygens (including phenoxy) is 1. The highest BCUT2D eigenvalue weighted by molar-refractivity contribution is 7.22. The zero-order valence-electron chi connectivity index (χ0n) is 12.6. The third kappa shape index (κ3) is 6.72. The van der Waals surface area contributed by atoms with E-state index in [2.05, 4.69) is 20.4 Å². The SMILES string of the molecule is Cl.NCC(=O)NCC(=O)Nc1nc2ccc(OCC(F)(F)F)cc2s1. The predicted molar refractivity (Wildman–Crippen MR) is 89.1 cm³/mol. The van der Waals surface area contributed by atoms with Crippen LogP contribution in [0.15, 0.2) is 18.2 Å². The molecule has 0 spiro atoms. The zero-order chi connectivity index (χ0) is 17.7. The van der Waals surface area contributed by atoms with Gasteiger partial charge in [0.15, 0.2) is 11.7 Å². The summed E-state index contributed by atoms with van der Waals surface area (Å²) in [4.78, 5) is 26.7. The molecule has 4 N–H and O–H groups in total. The molecular weight excluding hydrogens is 385 g/mol. The van der Waals surface area contributed by atoms with Crippen molar-refractivity contribution in [3.05, 3.63) is 18.2 Å². The summed E-state index contributed by atoms with van der Waals surface area (Å²) in [6, 6.07) is 4.26. The molecule has 0 aliphatic rings. The topological polar surface area (TPSA) is 106 Å². The highest BCUT2D eigenvalue weighted by atomic mass is 35.5. The van der Waals surface area contributed by atoms with E-state index >= 15 is 0 Å². The summed E-state index contributed by atoms with van der Waals surface area (Å²) >= 11 is 1.07. The van der Waals surface area contributed by atoms with Gasteiger partial charge in [0.25, 0.3) is 0 Å². The van der Waals surface area contributed by atoms with Crippen LogP contribution < -0.4 is 21.1 Å². The van der Waals surface area contributed by atoms with Gasteiger partial charge < -0.3 is 21.1 Å². The molecule has 0 aliphatic heterocycles. The van der Waals surface area contributed by atoms with E-state index in [0.29, 0.717) is 10.2 Å². The van der Waals surface area contributed by atoms with Crippen molar-refractivity contribution >= 4 is 50.9 Å². The number of carbonyl (C=O) groups excluding carboxylic acids is 2. The number of halogens is 4. The number of nitrogens with zero attached hydrogens (tertiary/aromatic N) is 1. The molecular formula is C13H14ClF3N4O3S. The Kier molecular flexibility index (Phi) is 7.39. The van der Waals surface area contributed by atoms with Gasteiger partial charge in [-0.25, -0.2) is 4.98 Å². The van der Waals surface area contributed by atoms with Crippen molar-refractivity contribution in [3.63, 3.8) is 0 Å². The molecule has 0 bridgehead atoms. The van der Waals surface area contributed by atoms with Crippen molar-refractivity contribution in [2.45, 2.75) is 6.18 Å². The van der Waals surface area contributed by atoms with Gasteiger partial charge in [0.1, 0.15) is 5.75 Å². The monoisotopic (exact) mass is 398 g/mol. The maximum atomic E-state index is 12.1. The molecule has 25 heavy (non-hydrogen) atoms. The minimum absolute atomic E-state index is 0. The van der Waals surface area contributed by atoms with Crippen molar-refractivity contribution in [1.29, 1.82) is 0 Å². The van der Waals surface area contributed by atoms with Crippen LogP contribution in [0.1, 0.15) is 0 Å². The van der Waals surface area contributed by atoms with Crippen LogP contribution in [-0.4, -0.2) is 42.7 Å². The molecule has 12 heteroatoms. The molecule has 0 saturated carbocycles. The molecule has 0 radical (unpaired) electrons. The molecule has 0 fully saturated rings. The van der Waals surface area contributed by atoms with E-state index in [1.54, 1.807) is 0 Å². The van der Waals surface area contributed by atoms with Gasteiger partial charge in [0, 0.05) is 0 Å². The first-order valence-corrected chi connectivity index (χ1v) is 7.45. The summed E-state index contributed by atoms with van der Waals surface area (Å²) in [6.45, 7) is -1.87. The maximum Gasteiger partial charge on any atom is 0.422 e. The summed E-state index contributed by atoms with van der Waals surface area (Å²) in [5.74, 6) is -0.915. The van der Waals surface area contributed by atoms with Crippen LogP contribution in [0.25, 0.3) is 10.2 Å². The predicted octanol–water partition coefficient (Wildman–Crippen LogP) is 1.67. The Morgan fingerprint density at radius 1 is 1.28 bits per heavy atom. The summed E-state index contributed by atoms with van der Waals surface area (Å²) in [6.07, 6.45) is -4.42. The summed E-state index contributed by atoms with van der Waals surface area (Å²) in [5.41, 5.74) is 5.59. The number of nitrogens with two attached hydrogens (primary N) is 1. The second-order valence-corrected chi connectivity index (χ2v) is 5.61. The van der Waals surface area contributed by atoms with E-state index in [4.69, 9.17) is 5.73 Å². The van der Waals surface area contributed by atoms with Crippen molar-refractivity contribution in [3.8, 4) is 5.75 Å². The number of alkyl halides is 3. The van der Waals surface area contributed by atoms with Crippen molar-refractivity contribution in [1.82, 2.24) is 10.3 Å². The standard InChI is InChI=1S/C13H13F3N4O3S.ClH/c14-13(15,16)6-23-7-1-2-8-9(3-7)24-12(19-8)20-11(22)5-18-10(21)4-17;/h1-3H,4-6,17H2,(H,18,21)(H,19,20,22);1H. The lowest BCUT2D eigenvalue weighted by atomic mass is 10.3. The molecule has 1 aromatic carbocycles. The van der Waals surface area contributed by atoms with Crippen LogP contribution in [0.4, 0.5) is 18.3 Å². The molecule has 0 unspecified atom stereocenters. The van der Waals surface area contributed by atoms with E-state index in [0.717, 1.165) is 11.3 Å². The number of aromatic nitrogens is 1. The zero-order valence-corrected chi connectivity index (χ0v) is 14.2. The third-order valence-corrected chi connectivity index (χ3v) is 3.57. The fourth-order valence-electron chi connectivity index (χ4n) is 1.63. The summed E-state index contributed by atoms with van der Waals surface area (Å²) < 4.78 is 41.6. The lowest BCUT2D eigenvalue weighted by Gasteiger charge is -2.08. The van der Waals surface area contributed by atoms with E-state index < -0.39 is 24.6 Å². The van der Waals surface area contributed by atoms with Crippen LogP contribution in [0.5, 0.6) is 5.75 Å². The van der Waals surface area contributed by atoms with Crippen molar-refractivity contribution in [2.75, 3.05) is 25.0 Å². The number of anilines is 1. The van der Waals surface area contributed by atoms with Gasteiger partial charge in [0.2, 0.25) is 11.8 Å². The van der Waals surface area contributed by atoms with E-state index in [1.807, 2.05) is 0 Å². The van der Waals surface area contributed by atoms with Crippen LogP contribution in [0.2, 0.25) is 0 Å². The highest BCUT2D eigenvalue weighted by Crippen LogP contribution is 2.29. The quantitative estimate of drug-likeness (QED) is 0.686. The number of nitrogens with one attached hydrogen (secondary N) is 2. The Hall–Kier alpha value is -2.11. The fourth-order valence-corrected chi connectivity index (χ4v) is 2.54. The van der Waals surface area contributed by atoms with Gasteiger partial charge in [-0.2, -0.15) is 13.2 Å². The first-order chi connectivity index (χ1) is 11.3. The average Bonchev–Trinajstić information content (AvgIpc) is 2.91. The average molecular weight is 399 g/mol. The van der Waals surface area contributed by atoms with Crippen LogP contribution >= 0.6 is 23.7 Å². The van der Waals surface area contributed by atoms with Gasteiger partial charge in [-0.15, -0.1) is 12.4 Å². The van der Waals surface area contributed by atoms with Gasteiger partial charge in [-0.05, 0) is 18.2 Å². The van der Waals surface area contributed by atoms with Gasteiger partial charge in [-0.3, -0.25) is 9.59 Å². The van der Waals surface area contributed by atoms with Crippen LogP contribution in [-0.2, 0) is 9.59 Å². The molecule has 0 aliphatic carbocycles. The van der Waals surface area contributed by atoms with E-state index in [-0.39, 0.29) is 36.4 Å². The first-order valence-electron chi connectivity index (χ1n) is 6.63. The summed E-state index contributed by atoms with van der Waals surface area (Å²) in [7, 11) is 0. The van der Waals surface area contributed by atoms with Gasteiger partial charge in [-0.1, -0.05) is 11.3 Å². The number of thiazole rings is 1. The molecule has 1 aromatic heterocycles. The Morgan fingerprint density at radius 2 is 2.00 bits per heavy atom. The van der Waals surface area contributed by atoms with Gasteiger partial charge in [0.05, 0.1) is 23.3 Å². The van der Waals surface area contributed by atoms with E-state index in [9.17, 15) is 22.8 Å². The molecule has 2 amide bonds. The van der Waals surface area contributed by atoms with Crippen LogP contribution in [0.3, 0.4) is 0 Å². The number of amides is 2. The molecule has 7 nitrogen and oxygen atoms in total. The largest absolute Gasteiger partial charge is 0.484 e. The number of rotatable bonds is 6. The number of benzene rings is 1. The molecule has 2 aromatic rings. The molecule has 0 atom stereocenters. The van der Waals surface area contributed by atoms with E-state index in [1.165, 1.54) is 18.2 Å². The molecule has 138 valence electrons. The molecule has 0 saturated heterocycles. The number of carbonyl (C=O) groups is 2. The molecule has 2 rings (SSSR count). The number of hydrogen-bond donors (Lipinski definition) is 3. The second kappa shape index (κ2) is 8.83. The minimum atomic E-state index is -4.42. The smallest absolute Gasteiger partial charge is 0.422 e. The lowest BCUT2D eigenvalue weighted by Crippen LogP contribution is -2.36. The first kappa shape index (κ1) is 20.9. The van der Waals surface area contributed by atoms with Gasteiger partial charge >= 0.3 is 6.18 Å². The molecule has 1 heterocycles. The fraction of sp³-hybridized carbons (Fsp3) is 0.308. The highest BCUT2D eigenvalue weighted by Gasteiger charge is 2.28. The van der Waals surface area contributed by atoms with Crippen LogP contribution in [0, 0.1) is 0 Å². The Morgan fingerprint density at radius 3 is 2.64 bits per heavy atom. The number of hydrogen-bond acceptors (Lipinski definition) is 6. The van der Waals surface area contributed by atoms with Crippen molar-refractivity contribution < 1.29 is 27.5 Å². The Labute approximate surface area is 150 Å².